The van der Waals surface area contributed by atoms with Crippen LogP contribution in [0.1, 0.15) is 40.8 Å². The van der Waals surface area contributed by atoms with E-state index < -0.39 is 0 Å². The molecule has 1 atom stereocenters. The van der Waals surface area contributed by atoms with Gasteiger partial charge in [0.2, 0.25) is 0 Å². The third kappa shape index (κ3) is 5.74. The fraction of sp³-hybridized carbons (Fsp3) is 0.550. The van der Waals surface area contributed by atoms with Crippen molar-refractivity contribution in [2.24, 2.45) is 0 Å². The lowest BCUT2D eigenvalue weighted by atomic mass is 9.94. The molecule has 31 heavy (non-hydrogen) atoms. The Hall–Kier alpha value is -2.65. The summed E-state index contributed by atoms with van der Waals surface area (Å²) in [7, 11) is 0. The molecule has 4 heterocycles. The maximum Gasteiger partial charge on any atom is 0.285 e. The van der Waals surface area contributed by atoms with Gasteiger partial charge in [0, 0.05) is 37.0 Å². The standard InChI is InChI=1S/C20H26N8O2S/c1-14-22-16(15-3-2-5-27(12-15)6-4-21)11-18(23-14)25-20-24-17(13-31-20)19(29)26-28-7-9-30-10-8-28/h11,13,15H,2-3,5-10,12H2,1H3,(H,26,29)(H,22,23,24,25)/t15-/m1/s1. The van der Waals surface area contributed by atoms with Crippen LogP contribution in [0, 0.1) is 18.3 Å². The number of nitrogens with zero attached hydrogens (tertiary/aromatic N) is 6. The maximum absolute atomic E-state index is 12.4. The number of carbonyl (C=O) groups is 1. The summed E-state index contributed by atoms with van der Waals surface area (Å²) >= 11 is 1.36. The number of rotatable bonds is 6. The predicted octanol–water partition coefficient (Wildman–Crippen LogP) is 1.67. The van der Waals surface area contributed by atoms with Crippen molar-refractivity contribution in [1.82, 2.24) is 30.3 Å². The van der Waals surface area contributed by atoms with Gasteiger partial charge >= 0.3 is 0 Å². The van der Waals surface area contributed by atoms with Crippen LogP contribution in [0.2, 0.25) is 0 Å². The highest BCUT2D eigenvalue weighted by molar-refractivity contribution is 7.14. The number of morpholine rings is 1. The molecule has 2 N–H and O–H groups in total. The number of hydrazine groups is 1. The summed E-state index contributed by atoms with van der Waals surface area (Å²) in [6, 6.07) is 4.18. The Morgan fingerprint density at radius 1 is 1.32 bits per heavy atom. The van der Waals surface area contributed by atoms with Crippen LogP contribution < -0.4 is 10.7 Å². The average Bonchev–Trinajstić information content (AvgIpc) is 3.23. The van der Waals surface area contributed by atoms with Crippen LogP contribution in [0.25, 0.3) is 0 Å². The number of likely N-dealkylation sites (tertiary alicyclic amines) is 1. The number of aromatic nitrogens is 3. The van der Waals surface area contributed by atoms with Gasteiger partial charge in [-0.1, -0.05) is 0 Å². The van der Waals surface area contributed by atoms with E-state index in [-0.39, 0.29) is 11.8 Å². The van der Waals surface area contributed by atoms with Gasteiger partial charge < -0.3 is 10.1 Å². The molecule has 0 bridgehead atoms. The molecule has 0 unspecified atom stereocenters. The molecule has 2 saturated heterocycles. The molecule has 2 aromatic heterocycles. The summed E-state index contributed by atoms with van der Waals surface area (Å²) in [5, 5.41) is 16.4. The number of nitrogens with one attached hydrogen (secondary N) is 2. The number of nitriles is 1. The largest absolute Gasteiger partial charge is 0.379 e. The fourth-order valence-corrected chi connectivity index (χ4v) is 4.52. The molecule has 0 saturated carbocycles. The second-order valence-corrected chi connectivity index (χ2v) is 8.52. The van der Waals surface area contributed by atoms with E-state index in [9.17, 15) is 4.79 Å². The summed E-state index contributed by atoms with van der Waals surface area (Å²) in [5.41, 5.74) is 4.20. The number of hydrogen-bond donors (Lipinski definition) is 2. The van der Waals surface area contributed by atoms with Crippen molar-refractivity contribution in [3.8, 4) is 6.07 Å². The Bertz CT molecular complexity index is 953. The van der Waals surface area contributed by atoms with Gasteiger partial charge in [0.05, 0.1) is 31.5 Å². The number of carbonyl (C=O) groups excluding carboxylic acids is 1. The molecule has 1 amide bonds. The van der Waals surface area contributed by atoms with Crippen LogP contribution in [-0.4, -0.2) is 76.7 Å². The van der Waals surface area contributed by atoms with Crippen molar-refractivity contribution < 1.29 is 9.53 Å². The maximum atomic E-state index is 12.4. The number of thiazole rings is 1. The van der Waals surface area contributed by atoms with Crippen LogP contribution in [0.4, 0.5) is 10.9 Å². The van der Waals surface area contributed by atoms with Crippen LogP contribution in [-0.2, 0) is 4.74 Å². The Labute approximate surface area is 185 Å². The molecule has 164 valence electrons. The molecule has 10 nitrogen and oxygen atoms in total. The molecule has 11 heteroatoms. The van der Waals surface area contributed by atoms with E-state index in [1.807, 2.05) is 18.0 Å². The first kappa shape index (κ1) is 21.6. The molecule has 0 spiro atoms. The minimum Gasteiger partial charge on any atom is -0.379 e. The number of ether oxygens (including phenoxy) is 1. The quantitative estimate of drug-likeness (QED) is 0.644. The zero-order chi connectivity index (χ0) is 21.6. The highest BCUT2D eigenvalue weighted by Crippen LogP contribution is 2.28. The van der Waals surface area contributed by atoms with E-state index in [4.69, 9.17) is 10.00 Å². The normalized spacial score (nSPS) is 20.2. The van der Waals surface area contributed by atoms with Gasteiger partial charge in [0.1, 0.15) is 17.3 Å². The van der Waals surface area contributed by atoms with Gasteiger partial charge in [-0.25, -0.2) is 20.0 Å². The monoisotopic (exact) mass is 442 g/mol. The Kier molecular flexibility index (Phi) is 7.03. The van der Waals surface area contributed by atoms with Gasteiger partial charge in [0.25, 0.3) is 5.91 Å². The second kappa shape index (κ2) is 10.1. The number of aryl methyl sites for hydroxylation is 1. The topological polar surface area (TPSA) is 119 Å². The van der Waals surface area contributed by atoms with Crippen LogP contribution in [0.5, 0.6) is 0 Å². The van der Waals surface area contributed by atoms with E-state index in [1.165, 1.54) is 11.3 Å². The SMILES string of the molecule is Cc1nc(Nc2nc(C(=O)NN3CCOCC3)cs2)cc([C@@H]2CCCN(CC#N)C2)n1. The van der Waals surface area contributed by atoms with Gasteiger partial charge in [-0.05, 0) is 26.3 Å². The molecular weight excluding hydrogens is 416 g/mol. The first-order valence-electron chi connectivity index (χ1n) is 10.4. The zero-order valence-electron chi connectivity index (χ0n) is 17.5. The summed E-state index contributed by atoms with van der Waals surface area (Å²) < 4.78 is 5.29. The molecule has 4 rings (SSSR count). The Balaban J connectivity index is 1.41. The number of amides is 1. The smallest absolute Gasteiger partial charge is 0.285 e. The van der Waals surface area contributed by atoms with Crippen LogP contribution >= 0.6 is 11.3 Å². The van der Waals surface area contributed by atoms with Crippen molar-refractivity contribution in [3.63, 3.8) is 0 Å². The van der Waals surface area contributed by atoms with E-state index in [0.29, 0.717) is 55.3 Å². The molecule has 2 aliphatic rings. The fourth-order valence-electron chi connectivity index (χ4n) is 3.83. The van der Waals surface area contributed by atoms with Crippen molar-refractivity contribution in [1.29, 1.82) is 5.26 Å². The van der Waals surface area contributed by atoms with E-state index in [1.54, 1.807) is 5.38 Å². The number of piperidine rings is 1. The van der Waals surface area contributed by atoms with Crippen molar-refractivity contribution in [3.05, 3.63) is 28.7 Å². The van der Waals surface area contributed by atoms with Crippen molar-refractivity contribution >= 4 is 28.2 Å². The molecule has 0 radical (unpaired) electrons. The number of anilines is 2. The van der Waals surface area contributed by atoms with E-state index in [0.717, 1.165) is 31.6 Å². The highest BCUT2D eigenvalue weighted by atomic mass is 32.1. The lowest BCUT2D eigenvalue weighted by Gasteiger charge is -2.30. The third-order valence-corrected chi connectivity index (χ3v) is 6.08. The van der Waals surface area contributed by atoms with E-state index in [2.05, 4.69) is 36.7 Å². The molecule has 2 aromatic rings. The summed E-state index contributed by atoms with van der Waals surface area (Å²) in [6.45, 7) is 6.63. The lowest BCUT2D eigenvalue weighted by molar-refractivity contribution is 0.0125. The minimum atomic E-state index is -0.231. The van der Waals surface area contributed by atoms with Gasteiger partial charge in [-0.15, -0.1) is 11.3 Å². The van der Waals surface area contributed by atoms with Crippen LogP contribution in [0.15, 0.2) is 11.4 Å². The first-order valence-corrected chi connectivity index (χ1v) is 11.3. The Morgan fingerprint density at radius 3 is 2.97 bits per heavy atom. The van der Waals surface area contributed by atoms with Crippen molar-refractivity contribution in [2.75, 3.05) is 51.3 Å². The third-order valence-electron chi connectivity index (χ3n) is 5.32. The summed E-state index contributed by atoms with van der Waals surface area (Å²) in [6.07, 6.45) is 2.09. The first-order chi connectivity index (χ1) is 15.1. The van der Waals surface area contributed by atoms with E-state index >= 15 is 0 Å². The van der Waals surface area contributed by atoms with Crippen molar-refractivity contribution in [2.45, 2.75) is 25.7 Å². The van der Waals surface area contributed by atoms with Gasteiger partial charge in [-0.2, -0.15) is 5.26 Å². The molecule has 2 aliphatic heterocycles. The van der Waals surface area contributed by atoms with Crippen LogP contribution in [0.3, 0.4) is 0 Å². The molecule has 2 fully saturated rings. The summed E-state index contributed by atoms with van der Waals surface area (Å²) in [4.78, 5) is 28.1. The molecule has 0 aromatic carbocycles. The zero-order valence-corrected chi connectivity index (χ0v) is 18.3. The highest BCUT2D eigenvalue weighted by Gasteiger charge is 2.23. The minimum absolute atomic E-state index is 0.231. The molecular formula is C20H26N8O2S. The van der Waals surface area contributed by atoms with Gasteiger partial charge in [-0.3, -0.25) is 15.1 Å². The predicted molar refractivity (Wildman–Crippen MR) is 116 cm³/mol. The number of hydrogen-bond acceptors (Lipinski definition) is 10. The average molecular weight is 443 g/mol. The second-order valence-electron chi connectivity index (χ2n) is 7.66. The Morgan fingerprint density at radius 2 is 2.16 bits per heavy atom. The lowest BCUT2D eigenvalue weighted by Crippen LogP contribution is -2.48. The van der Waals surface area contributed by atoms with Gasteiger partial charge in [0.15, 0.2) is 5.13 Å². The summed E-state index contributed by atoms with van der Waals surface area (Å²) in [5.74, 6) is 1.38. The molecule has 0 aliphatic carbocycles.